The van der Waals surface area contributed by atoms with Crippen molar-refractivity contribution in [2.45, 2.75) is 25.7 Å². The monoisotopic (exact) mass is 754 g/mol. The third kappa shape index (κ3) is 8.35. The molecule has 1 aliphatic carbocycles. The van der Waals surface area contributed by atoms with E-state index in [-0.39, 0.29) is 0 Å². The third-order valence-corrected chi connectivity index (χ3v) is 10.6. The second-order valence-electron chi connectivity index (χ2n) is 14.4. The van der Waals surface area contributed by atoms with Crippen LogP contribution in [0.1, 0.15) is 36.8 Å². The van der Waals surface area contributed by atoms with E-state index in [4.69, 9.17) is 14.7 Å². The number of fused-ring (bicyclic) bond motifs is 3. The summed E-state index contributed by atoms with van der Waals surface area (Å²) in [5.74, 6) is 2.01. The minimum absolute atomic E-state index is 0.310. The average Bonchev–Trinajstić information content (AvgIpc) is 3.65. The van der Waals surface area contributed by atoms with E-state index < -0.39 is 0 Å². The van der Waals surface area contributed by atoms with E-state index >= 15 is 0 Å². The van der Waals surface area contributed by atoms with Crippen molar-refractivity contribution in [3.63, 3.8) is 0 Å². The maximum atomic E-state index is 6.42. The number of benzene rings is 5. The summed E-state index contributed by atoms with van der Waals surface area (Å²) in [5.41, 5.74) is 10.8. The number of nitrogens with zero attached hydrogens (tertiary/aromatic N) is 4. The minimum atomic E-state index is 0.310. The van der Waals surface area contributed by atoms with Crippen LogP contribution in [-0.2, 0) is 4.74 Å². The van der Waals surface area contributed by atoms with Gasteiger partial charge in [0, 0.05) is 39.6 Å². The highest BCUT2D eigenvalue weighted by Crippen LogP contribution is 2.36. The van der Waals surface area contributed by atoms with Gasteiger partial charge >= 0.3 is 0 Å². The summed E-state index contributed by atoms with van der Waals surface area (Å²) in [6.07, 6.45) is 18.7. The maximum Gasteiger partial charge on any atom is 0.161 e. The number of aliphatic imine (C=N–C) groups is 3. The van der Waals surface area contributed by atoms with E-state index in [1.807, 2.05) is 61.5 Å². The van der Waals surface area contributed by atoms with Gasteiger partial charge in [0.2, 0.25) is 0 Å². The highest BCUT2D eigenvalue weighted by atomic mass is 16.5. The molecule has 0 amide bonds. The van der Waals surface area contributed by atoms with Crippen LogP contribution in [0.5, 0.6) is 0 Å². The van der Waals surface area contributed by atoms with Gasteiger partial charge in [0.15, 0.2) is 11.7 Å². The summed E-state index contributed by atoms with van der Waals surface area (Å²) < 4.78 is 8.73. The zero-order valence-electron chi connectivity index (χ0n) is 32.8. The Morgan fingerprint density at radius 1 is 0.810 bits per heavy atom. The molecule has 1 atom stereocenters. The maximum absolute atomic E-state index is 6.42. The normalized spacial score (nSPS) is 18.8. The van der Waals surface area contributed by atoms with Gasteiger partial charge in [-0.25, -0.2) is 9.98 Å². The van der Waals surface area contributed by atoms with Crippen LogP contribution in [0.25, 0.3) is 38.6 Å². The first-order valence-electron chi connectivity index (χ1n) is 19.8. The highest BCUT2D eigenvalue weighted by molar-refractivity contribution is 6.14. The van der Waals surface area contributed by atoms with Gasteiger partial charge in [0.25, 0.3) is 0 Å². The van der Waals surface area contributed by atoms with Crippen LogP contribution in [0.2, 0.25) is 0 Å². The van der Waals surface area contributed by atoms with Gasteiger partial charge in [-0.05, 0) is 72.5 Å². The average molecular weight is 755 g/mol. The second-order valence-corrected chi connectivity index (χ2v) is 14.4. The van der Waals surface area contributed by atoms with Crippen LogP contribution >= 0.6 is 0 Å². The quantitative estimate of drug-likeness (QED) is 0.113. The number of ether oxygens (including phenoxy) is 1. The first-order valence-corrected chi connectivity index (χ1v) is 19.8. The molecule has 284 valence electrons. The van der Waals surface area contributed by atoms with Crippen LogP contribution in [0, 0.1) is 0 Å². The van der Waals surface area contributed by atoms with Gasteiger partial charge in [0.05, 0.1) is 17.6 Å². The van der Waals surface area contributed by atoms with Gasteiger partial charge < -0.3 is 9.30 Å². The van der Waals surface area contributed by atoms with Crippen molar-refractivity contribution in [1.82, 2.24) is 4.57 Å². The van der Waals surface area contributed by atoms with Crippen LogP contribution in [-0.4, -0.2) is 36.1 Å². The summed E-state index contributed by atoms with van der Waals surface area (Å²) in [6, 6.07) is 46.4. The molecule has 1 unspecified atom stereocenters. The van der Waals surface area contributed by atoms with Gasteiger partial charge in [-0.1, -0.05) is 164 Å². The Morgan fingerprint density at radius 2 is 1.53 bits per heavy atom. The van der Waals surface area contributed by atoms with Crippen molar-refractivity contribution >= 4 is 45.9 Å². The molecule has 2 aliphatic rings. The first-order chi connectivity index (χ1) is 28.6. The third-order valence-electron chi connectivity index (χ3n) is 10.6. The topological polar surface area (TPSA) is 51.2 Å². The Labute approximate surface area is 341 Å². The van der Waals surface area contributed by atoms with Crippen molar-refractivity contribution in [2.75, 3.05) is 13.2 Å². The Kier molecular flexibility index (Phi) is 11.6. The van der Waals surface area contributed by atoms with Crippen molar-refractivity contribution in [3.8, 4) is 11.1 Å². The van der Waals surface area contributed by atoms with Crippen molar-refractivity contribution < 1.29 is 4.74 Å². The fourth-order valence-corrected chi connectivity index (χ4v) is 7.67. The number of hydrogen-bond donors (Lipinski definition) is 0. The summed E-state index contributed by atoms with van der Waals surface area (Å²) in [6.45, 7) is 11.1. The molecule has 0 radical (unpaired) electrons. The zero-order valence-corrected chi connectivity index (χ0v) is 32.8. The molecule has 0 saturated carbocycles. The van der Waals surface area contributed by atoms with Crippen molar-refractivity contribution in [2.24, 2.45) is 15.0 Å². The Morgan fingerprint density at radius 3 is 2.28 bits per heavy atom. The van der Waals surface area contributed by atoms with Gasteiger partial charge in [-0.3, -0.25) is 4.99 Å². The molecule has 8 rings (SSSR count). The fourth-order valence-electron chi connectivity index (χ4n) is 7.67. The molecule has 6 aromatic rings. The van der Waals surface area contributed by atoms with Crippen LogP contribution < -0.4 is 0 Å². The van der Waals surface area contributed by atoms with Crippen LogP contribution in [0.15, 0.2) is 226 Å². The Bertz CT molecular complexity index is 2720. The molecule has 5 nitrogen and oxygen atoms in total. The van der Waals surface area contributed by atoms with Gasteiger partial charge in [-0.2, -0.15) is 0 Å². The first kappa shape index (κ1) is 37.8. The molecule has 58 heavy (non-hydrogen) atoms. The summed E-state index contributed by atoms with van der Waals surface area (Å²) in [4.78, 5) is 14.7. The van der Waals surface area contributed by atoms with Gasteiger partial charge in [0.1, 0.15) is 12.4 Å². The molecule has 0 N–H and O–H groups in total. The fraction of sp³-hybridized carbons (Fsp3) is 0.113. The van der Waals surface area contributed by atoms with E-state index in [1.54, 1.807) is 0 Å². The Balaban J connectivity index is 1.13. The molecule has 2 heterocycles. The molecule has 5 aromatic carbocycles. The minimum Gasteiger partial charge on any atom is -0.490 e. The number of amidine groups is 2. The van der Waals surface area contributed by atoms with E-state index in [9.17, 15) is 0 Å². The lowest BCUT2D eigenvalue weighted by atomic mass is 9.90. The van der Waals surface area contributed by atoms with E-state index in [1.165, 1.54) is 21.9 Å². The smallest absolute Gasteiger partial charge is 0.161 e. The van der Waals surface area contributed by atoms with Crippen molar-refractivity contribution in [3.05, 3.63) is 222 Å². The predicted molar refractivity (Wildman–Crippen MR) is 246 cm³/mol. The number of para-hydroxylation sites is 1. The molecule has 5 heteroatoms. The zero-order chi connectivity index (χ0) is 39.7. The van der Waals surface area contributed by atoms with E-state index in [2.05, 4.69) is 150 Å². The van der Waals surface area contributed by atoms with Crippen molar-refractivity contribution in [1.29, 1.82) is 0 Å². The number of rotatable bonds is 8. The van der Waals surface area contributed by atoms with E-state index in [0.717, 1.165) is 51.0 Å². The van der Waals surface area contributed by atoms with Gasteiger partial charge in [-0.15, -0.1) is 0 Å². The van der Waals surface area contributed by atoms with E-state index in [0.29, 0.717) is 42.9 Å². The molecule has 0 spiro atoms. The number of hydrogen-bond acceptors (Lipinski definition) is 2. The lowest BCUT2D eigenvalue weighted by Gasteiger charge is -2.16. The van der Waals surface area contributed by atoms with Crippen LogP contribution in [0.3, 0.4) is 0 Å². The molecule has 0 bridgehead atoms. The summed E-state index contributed by atoms with van der Waals surface area (Å²) in [7, 11) is 0. The van der Waals surface area contributed by atoms with Crippen LogP contribution in [0.4, 0.5) is 0 Å². The lowest BCUT2D eigenvalue weighted by molar-refractivity contribution is 0.253. The summed E-state index contributed by atoms with van der Waals surface area (Å²) >= 11 is 0. The lowest BCUT2D eigenvalue weighted by Crippen LogP contribution is -2.10. The number of aromatic nitrogens is 1. The molecular weight excluding hydrogens is 709 g/mol. The standard InChI is InChI=1S/C53H46N4O/c1-4-17-47(53(54-3)56-52(43-22-12-7-13-23-43)55-36-39-28-30-42(31-29-39)40-18-8-5-9-19-40)45-24-16-25-46(34-38(2)58-37-45)57-50-27-15-14-26-48(50)49-33-32-44(35-51(49)57)41-20-10-6-11-21-41/h4-23,25-30,32-35,42H,2-3,24,31,36-37H2,1H3/b17-4-,25-16-,46-34+,47-45+,55-52-,56-53-. The molecule has 0 saturated heterocycles. The molecule has 0 fully saturated rings. The largest absolute Gasteiger partial charge is 0.490 e. The molecule has 1 aromatic heterocycles. The molecule has 1 aliphatic heterocycles. The molecular formula is C53H46N4O. The SMILES string of the molecule is C=NC(=N\C(=N/CC1=CCC(c2ccccc2)C=C1)c1ccccc1)/C(/C=C\C)=C1\C/C=C\C(n2c3ccccc3c3ccc(-c4ccccc4)cc32)=C/C(=C)OC1. The predicted octanol–water partition coefficient (Wildman–Crippen LogP) is 12.9. The summed E-state index contributed by atoms with van der Waals surface area (Å²) in [5, 5.41) is 2.38. The highest BCUT2D eigenvalue weighted by Gasteiger charge is 2.18. The number of allylic oxidation sites excluding steroid dienone is 7. The second kappa shape index (κ2) is 17.8. The Hall–Kier alpha value is -7.11.